The summed E-state index contributed by atoms with van der Waals surface area (Å²) in [5.74, 6) is -0.786. The summed E-state index contributed by atoms with van der Waals surface area (Å²) in [5.41, 5.74) is 1.96. The highest BCUT2D eigenvalue weighted by Gasteiger charge is 2.05. The predicted octanol–water partition coefficient (Wildman–Crippen LogP) is 4.54. The van der Waals surface area contributed by atoms with E-state index in [0.29, 0.717) is 17.8 Å². The van der Waals surface area contributed by atoms with E-state index < -0.39 is 5.82 Å². The third-order valence-corrected chi connectivity index (χ3v) is 2.98. The van der Waals surface area contributed by atoms with Gasteiger partial charge in [0.15, 0.2) is 0 Å². The standard InChI is InChI=1S/C14H12ClF2N/c1-9-3-2-4-12(16)14(9)18-8-10-5-6-11(15)13(17)7-10/h2-7,18H,8H2,1H3. The first kappa shape index (κ1) is 12.8. The van der Waals surface area contributed by atoms with Crippen molar-refractivity contribution < 1.29 is 8.78 Å². The molecule has 0 saturated heterocycles. The van der Waals surface area contributed by atoms with Gasteiger partial charge in [0.05, 0.1) is 10.7 Å². The summed E-state index contributed by atoms with van der Waals surface area (Å²) >= 11 is 5.59. The normalized spacial score (nSPS) is 10.4. The van der Waals surface area contributed by atoms with Crippen LogP contribution in [0, 0.1) is 18.6 Å². The van der Waals surface area contributed by atoms with E-state index >= 15 is 0 Å². The van der Waals surface area contributed by atoms with Crippen LogP contribution < -0.4 is 5.32 Å². The number of halogens is 3. The van der Waals surface area contributed by atoms with Crippen molar-refractivity contribution in [1.82, 2.24) is 0 Å². The summed E-state index contributed by atoms with van der Waals surface area (Å²) in [6, 6.07) is 9.38. The highest BCUT2D eigenvalue weighted by atomic mass is 35.5. The molecule has 4 heteroatoms. The molecule has 18 heavy (non-hydrogen) atoms. The first-order chi connectivity index (χ1) is 8.58. The second-order valence-corrected chi connectivity index (χ2v) is 4.44. The third-order valence-electron chi connectivity index (χ3n) is 2.68. The molecule has 0 aliphatic rings. The van der Waals surface area contributed by atoms with Crippen LogP contribution in [0.2, 0.25) is 5.02 Å². The summed E-state index contributed by atoms with van der Waals surface area (Å²) in [4.78, 5) is 0. The van der Waals surface area contributed by atoms with E-state index in [0.717, 1.165) is 5.56 Å². The number of benzene rings is 2. The average molecular weight is 268 g/mol. The molecule has 0 aromatic heterocycles. The van der Waals surface area contributed by atoms with Crippen LogP contribution in [0.1, 0.15) is 11.1 Å². The summed E-state index contributed by atoms with van der Waals surface area (Å²) in [6.45, 7) is 2.16. The Bertz CT molecular complexity index is 549. The Balaban J connectivity index is 2.14. The van der Waals surface area contributed by atoms with E-state index in [1.165, 1.54) is 18.2 Å². The molecule has 1 nitrogen and oxygen atoms in total. The lowest BCUT2D eigenvalue weighted by Crippen LogP contribution is -2.03. The highest BCUT2D eigenvalue weighted by Crippen LogP contribution is 2.21. The fourth-order valence-electron chi connectivity index (χ4n) is 1.70. The lowest BCUT2D eigenvalue weighted by atomic mass is 10.1. The van der Waals surface area contributed by atoms with Crippen molar-refractivity contribution in [3.05, 3.63) is 64.2 Å². The van der Waals surface area contributed by atoms with Crippen molar-refractivity contribution in [2.75, 3.05) is 5.32 Å². The van der Waals surface area contributed by atoms with E-state index in [4.69, 9.17) is 11.6 Å². The molecule has 0 atom stereocenters. The van der Waals surface area contributed by atoms with Gasteiger partial charge < -0.3 is 5.32 Å². The molecule has 0 spiro atoms. The van der Waals surface area contributed by atoms with E-state index in [-0.39, 0.29) is 10.8 Å². The lowest BCUT2D eigenvalue weighted by molar-refractivity contribution is 0.625. The van der Waals surface area contributed by atoms with Crippen LogP contribution in [0.3, 0.4) is 0 Å². The van der Waals surface area contributed by atoms with Crippen LogP contribution in [0.4, 0.5) is 14.5 Å². The first-order valence-corrected chi connectivity index (χ1v) is 5.88. The Hall–Kier alpha value is -1.61. The quantitative estimate of drug-likeness (QED) is 0.861. The van der Waals surface area contributed by atoms with Gasteiger partial charge in [-0.1, -0.05) is 29.8 Å². The zero-order valence-corrected chi connectivity index (χ0v) is 10.6. The molecule has 0 aliphatic heterocycles. The minimum Gasteiger partial charge on any atom is -0.378 e. The SMILES string of the molecule is Cc1cccc(F)c1NCc1ccc(Cl)c(F)c1. The molecule has 0 aliphatic carbocycles. The summed E-state index contributed by atoms with van der Waals surface area (Å²) in [7, 11) is 0. The number of hydrogen-bond acceptors (Lipinski definition) is 1. The van der Waals surface area contributed by atoms with Gasteiger partial charge in [-0.05, 0) is 36.2 Å². The first-order valence-electron chi connectivity index (χ1n) is 5.51. The molecule has 0 saturated carbocycles. The lowest BCUT2D eigenvalue weighted by Gasteiger charge is -2.10. The molecule has 2 rings (SSSR count). The second-order valence-electron chi connectivity index (χ2n) is 4.03. The highest BCUT2D eigenvalue weighted by molar-refractivity contribution is 6.30. The minimum atomic E-state index is -0.471. The molecule has 0 fully saturated rings. The Morgan fingerprint density at radius 3 is 2.56 bits per heavy atom. The molecule has 0 radical (unpaired) electrons. The minimum absolute atomic E-state index is 0.0841. The van der Waals surface area contributed by atoms with Crippen LogP contribution in [0.15, 0.2) is 36.4 Å². The maximum absolute atomic E-state index is 13.5. The van der Waals surface area contributed by atoms with E-state index in [1.54, 1.807) is 12.1 Å². The van der Waals surface area contributed by atoms with Crippen LogP contribution in [0.25, 0.3) is 0 Å². The fraction of sp³-hybridized carbons (Fsp3) is 0.143. The Morgan fingerprint density at radius 2 is 1.89 bits per heavy atom. The number of para-hydroxylation sites is 1. The summed E-state index contributed by atoms with van der Waals surface area (Å²) < 4.78 is 26.8. The number of hydrogen-bond donors (Lipinski definition) is 1. The molecule has 0 bridgehead atoms. The summed E-state index contributed by atoms with van der Waals surface area (Å²) in [6.07, 6.45) is 0. The van der Waals surface area contributed by atoms with Crippen LogP contribution >= 0.6 is 11.6 Å². The Kier molecular flexibility index (Phi) is 3.82. The van der Waals surface area contributed by atoms with Crippen LogP contribution in [0.5, 0.6) is 0 Å². The topological polar surface area (TPSA) is 12.0 Å². The monoisotopic (exact) mass is 267 g/mol. The van der Waals surface area contributed by atoms with Gasteiger partial charge in [-0.25, -0.2) is 8.78 Å². The van der Waals surface area contributed by atoms with Gasteiger partial charge in [-0.2, -0.15) is 0 Å². The van der Waals surface area contributed by atoms with Gasteiger partial charge in [0.1, 0.15) is 11.6 Å². The van der Waals surface area contributed by atoms with Gasteiger partial charge in [-0.3, -0.25) is 0 Å². The second kappa shape index (κ2) is 5.36. The maximum atomic E-state index is 13.5. The predicted molar refractivity (Wildman–Crippen MR) is 69.9 cm³/mol. The van der Waals surface area contributed by atoms with Gasteiger partial charge in [0.2, 0.25) is 0 Å². The molecule has 1 N–H and O–H groups in total. The molecule has 0 heterocycles. The molecule has 2 aromatic rings. The van der Waals surface area contributed by atoms with Crippen molar-refractivity contribution in [2.45, 2.75) is 13.5 Å². The van der Waals surface area contributed by atoms with Crippen molar-refractivity contribution in [1.29, 1.82) is 0 Å². The smallest absolute Gasteiger partial charge is 0.146 e. The zero-order valence-electron chi connectivity index (χ0n) is 9.81. The number of rotatable bonds is 3. The van der Waals surface area contributed by atoms with Crippen molar-refractivity contribution in [3.63, 3.8) is 0 Å². The molecular weight excluding hydrogens is 256 g/mol. The van der Waals surface area contributed by atoms with Crippen LogP contribution in [-0.4, -0.2) is 0 Å². The Morgan fingerprint density at radius 1 is 1.11 bits per heavy atom. The van der Waals surface area contributed by atoms with Gasteiger partial charge in [0.25, 0.3) is 0 Å². The van der Waals surface area contributed by atoms with E-state index in [9.17, 15) is 8.78 Å². The van der Waals surface area contributed by atoms with Crippen molar-refractivity contribution >= 4 is 17.3 Å². The van der Waals surface area contributed by atoms with Gasteiger partial charge >= 0.3 is 0 Å². The molecule has 0 amide bonds. The zero-order chi connectivity index (χ0) is 13.1. The van der Waals surface area contributed by atoms with E-state index in [2.05, 4.69) is 5.32 Å². The number of nitrogens with one attached hydrogen (secondary N) is 1. The largest absolute Gasteiger partial charge is 0.378 e. The van der Waals surface area contributed by atoms with Gasteiger partial charge in [-0.15, -0.1) is 0 Å². The number of anilines is 1. The molecule has 2 aromatic carbocycles. The third kappa shape index (κ3) is 2.79. The number of aryl methyl sites for hydroxylation is 1. The molecular formula is C14H12ClF2N. The molecule has 94 valence electrons. The average Bonchev–Trinajstić information content (AvgIpc) is 2.33. The van der Waals surface area contributed by atoms with Gasteiger partial charge in [0, 0.05) is 6.54 Å². The Labute approximate surface area is 109 Å². The maximum Gasteiger partial charge on any atom is 0.146 e. The molecule has 0 unspecified atom stereocenters. The summed E-state index contributed by atoms with van der Waals surface area (Å²) in [5, 5.41) is 3.04. The van der Waals surface area contributed by atoms with Crippen LogP contribution in [-0.2, 0) is 6.54 Å². The van der Waals surface area contributed by atoms with E-state index in [1.807, 2.05) is 13.0 Å². The van der Waals surface area contributed by atoms with Crippen molar-refractivity contribution in [2.24, 2.45) is 0 Å². The fourth-order valence-corrected chi connectivity index (χ4v) is 1.81. The van der Waals surface area contributed by atoms with Crippen molar-refractivity contribution in [3.8, 4) is 0 Å².